The van der Waals surface area contributed by atoms with E-state index in [1.807, 2.05) is 24.3 Å². The quantitative estimate of drug-likeness (QED) is 0.454. The first-order chi connectivity index (χ1) is 10.2. The second kappa shape index (κ2) is 9.40. The van der Waals surface area contributed by atoms with Crippen LogP contribution in [0, 0.1) is 5.82 Å². The Bertz CT molecular complexity index is 602. The number of aliphatic imine (C=N–C) groups is 1. The molecule has 2 aromatic rings. The van der Waals surface area contributed by atoms with E-state index >= 15 is 0 Å². The average Bonchev–Trinajstić information content (AvgIpc) is 2.53. The predicted molar refractivity (Wildman–Crippen MR) is 100 cm³/mol. The monoisotopic (exact) mass is 413 g/mol. The average molecular weight is 413 g/mol. The fraction of sp³-hybridized carbons (Fsp3) is 0.235. The number of hydrogen-bond donors (Lipinski definition) is 2. The van der Waals surface area contributed by atoms with E-state index in [1.165, 1.54) is 11.6 Å². The molecule has 0 aliphatic rings. The second-order valence-corrected chi connectivity index (χ2v) is 4.79. The minimum absolute atomic E-state index is 0. The zero-order valence-corrected chi connectivity index (χ0v) is 15.0. The van der Waals surface area contributed by atoms with Gasteiger partial charge in [0.1, 0.15) is 5.82 Å². The van der Waals surface area contributed by atoms with Crippen molar-refractivity contribution in [1.82, 2.24) is 10.6 Å². The highest BCUT2D eigenvalue weighted by molar-refractivity contribution is 14.0. The molecule has 3 nitrogen and oxygen atoms in total. The lowest BCUT2D eigenvalue weighted by Crippen LogP contribution is -2.38. The molecule has 2 rings (SSSR count). The molecule has 0 saturated carbocycles. The third kappa shape index (κ3) is 5.29. The summed E-state index contributed by atoms with van der Waals surface area (Å²) in [6.07, 6.45) is 0. The van der Waals surface area contributed by atoms with Crippen molar-refractivity contribution in [3.63, 3.8) is 0 Å². The molecule has 0 fully saturated rings. The van der Waals surface area contributed by atoms with Gasteiger partial charge in [0, 0.05) is 19.2 Å². The summed E-state index contributed by atoms with van der Waals surface area (Å²) in [5, 5.41) is 6.42. The summed E-state index contributed by atoms with van der Waals surface area (Å²) in [6.45, 7) is 2.46. The van der Waals surface area contributed by atoms with Crippen molar-refractivity contribution < 1.29 is 4.39 Å². The van der Waals surface area contributed by atoms with E-state index in [1.54, 1.807) is 19.2 Å². The number of guanidine groups is 1. The summed E-state index contributed by atoms with van der Waals surface area (Å²) >= 11 is 0. The molecule has 0 heterocycles. The second-order valence-electron chi connectivity index (χ2n) is 4.79. The fourth-order valence-electron chi connectivity index (χ4n) is 2.05. The first kappa shape index (κ1) is 18.4. The van der Waals surface area contributed by atoms with Crippen molar-refractivity contribution in [2.24, 2.45) is 4.99 Å². The van der Waals surface area contributed by atoms with Gasteiger partial charge in [-0.2, -0.15) is 0 Å². The molecule has 0 bridgehead atoms. The van der Waals surface area contributed by atoms with Gasteiger partial charge in [0.2, 0.25) is 0 Å². The molecule has 0 spiro atoms. The van der Waals surface area contributed by atoms with Gasteiger partial charge >= 0.3 is 0 Å². The molecule has 0 aromatic heterocycles. The molecule has 0 radical (unpaired) electrons. The molecule has 2 N–H and O–H groups in total. The molecule has 0 aliphatic carbocycles. The van der Waals surface area contributed by atoms with Crippen molar-refractivity contribution in [3.05, 3.63) is 71.5 Å². The summed E-state index contributed by atoms with van der Waals surface area (Å²) in [5.41, 5.74) is 1.79. The van der Waals surface area contributed by atoms with Crippen LogP contribution in [-0.2, 0) is 6.54 Å². The van der Waals surface area contributed by atoms with E-state index in [0.29, 0.717) is 18.1 Å². The topological polar surface area (TPSA) is 36.4 Å². The Morgan fingerprint density at radius 1 is 1.09 bits per heavy atom. The van der Waals surface area contributed by atoms with Crippen LogP contribution in [-0.4, -0.2) is 13.0 Å². The smallest absolute Gasteiger partial charge is 0.191 e. The molecule has 5 heteroatoms. The lowest BCUT2D eigenvalue weighted by Gasteiger charge is -2.18. The Morgan fingerprint density at radius 3 is 2.36 bits per heavy atom. The van der Waals surface area contributed by atoms with E-state index in [2.05, 4.69) is 34.7 Å². The lowest BCUT2D eigenvalue weighted by molar-refractivity contribution is 0.602. The van der Waals surface area contributed by atoms with Crippen LogP contribution in [0.2, 0.25) is 0 Å². The maximum absolute atomic E-state index is 13.6. The zero-order chi connectivity index (χ0) is 15.1. The maximum Gasteiger partial charge on any atom is 0.191 e. The van der Waals surface area contributed by atoms with E-state index in [0.717, 1.165) is 0 Å². The van der Waals surface area contributed by atoms with Gasteiger partial charge in [-0.15, -0.1) is 24.0 Å². The third-order valence-corrected chi connectivity index (χ3v) is 3.28. The van der Waals surface area contributed by atoms with Gasteiger partial charge in [-0.3, -0.25) is 4.99 Å². The molecule has 1 atom stereocenters. The molecule has 2 aromatic carbocycles. The van der Waals surface area contributed by atoms with Gasteiger partial charge in [0.05, 0.1) is 6.04 Å². The Hall–Kier alpha value is -1.63. The van der Waals surface area contributed by atoms with Crippen LogP contribution in [0.5, 0.6) is 0 Å². The van der Waals surface area contributed by atoms with Crippen molar-refractivity contribution in [2.75, 3.05) is 7.05 Å². The largest absolute Gasteiger partial charge is 0.352 e. The Labute approximate surface area is 148 Å². The molecule has 0 aliphatic heterocycles. The minimum atomic E-state index is -0.212. The van der Waals surface area contributed by atoms with E-state index in [-0.39, 0.29) is 35.8 Å². The summed E-state index contributed by atoms with van der Waals surface area (Å²) in [6, 6.07) is 17.0. The fourth-order valence-corrected chi connectivity index (χ4v) is 2.05. The highest BCUT2D eigenvalue weighted by atomic mass is 127. The Morgan fingerprint density at radius 2 is 1.73 bits per heavy atom. The summed E-state index contributed by atoms with van der Waals surface area (Å²) in [4.78, 5) is 4.17. The van der Waals surface area contributed by atoms with Gasteiger partial charge in [-0.25, -0.2) is 4.39 Å². The van der Waals surface area contributed by atoms with Crippen molar-refractivity contribution >= 4 is 29.9 Å². The van der Waals surface area contributed by atoms with Crippen LogP contribution in [0.3, 0.4) is 0 Å². The Kier molecular flexibility index (Phi) is 7.87. The SMILES string of the molecule is CN=C(NCc1ccccc1F)NC(C)c1ccccc1.I. The highest BCUT2D eigenvalue weighted by Gasteiger charge is 2.08. The van der Waals surface area contributed by atoms with Crippen molar-refractivity contribution in [2.45, 2.75) is 19.5 Å². The number of hydrogen-bond acceptors (Lipinski definition) is 1. The van der Waals surface area contributed by atoms with Crippen molar-refractivity contribution in [3.8, 4) is 0 Å². The Balaban J connectivity index is 0.00000242. The van der Waals surface area contributed by atoms with Crippen molar-refractivity contribution in [1.29, 1.82) is 0 Å². The first-order valence-electron chi connectivity index (χ1n) is 6.96. The molecule has 1 unspecified atom stereocenters. The normalized spacial score (nSPS) is 12.2. The van der Waals surface area contributed by atoms with Gasteiger partial charge in [0.25, 0.3) is 0 Å². The standard InChI is InChI=1S/C17H20FN3.HI/c1-13(14-8-4-3-5-9-14)21-17(19-2)20-12-15-10-6-7-11-16(15)18;/h3-11,13H,12H2,1-2H3,(H2,19,20,21);1H. The van der Waals surface area contributed by atoms with Gasteiger partial charge in [-0.05, 0) is 18.6 Å². The van der Waals surface area contributed by atoms with Crippen LogP contribution in [0.25, 0.3) is 0 Å². The van der Waals surface area contributed by atoms with Gasteiger partial charge in [0.15, 0.2) is 5.96 Å². The highest BCUT2D eigenvalue weighted by Crippen LogP contribution is 2.11. The predicted octanol–water partition coefficient (Wildman–Crippen LogP) is 3.87. The minimum Gasteiger partial charge on any atom is -0.352 e. The molecule has 22 heavy (non-hydrogen) atoms. The summed E-state index contributed by atoms with van der Waals surface area (Å²) in [5.74, 6) is 0.436. The van der Waals surface area contributed by atoms with Crippen LogP contribution in [0.1, 0.15) is 24.1 Å². The molecule has 0 amide bonds. The zero-order valence-electron chi connectivity index (χ0n) is 12.7. The first-order valence-corrected chi connectivity index (χ1v) is 6.96. The maximum atomic E-state index is 13.6. The number of nitrogens with zero attached hydrogens (tertiary/aromatic N) is 1. The summed E-state index contributed by atoms with van der Waals surface area (Å²) < 4.78 is 13.6. The van der Waals surface area contributed by atoms with Crippen LogP contribution >= 0.6 is 24.0 Å². The van der Waals surface area contributed by atoms with E-state index in [4.69, 9.17) is 0 Å². The van der Waals surface area contributed by atoms with E-state index in [9.17, 15) is 4.39 Å². The van der Waals surface area contributed by atoms with Crippen LogP contribution in [0.4, 0.5) is 4.39 Å². The molecule has 0 saturated heterocycles. The van der Waals surface area contributed by atoms with Gasteiger partial charge in [-0.1, -0.05) is 48.5 Å². The van der Waals surface area contributed by atoms with Crippen LogP contribution in [0.15, 0.2) is 59.6 Å². The number of halogens is 2. The summed E-state index contributed by atoms with van der Waals surface area (Å²) in [7, 11) is 1.70. The molecular formula is C17H21FIN3. The number of benzene rings is 2. The molecular weight excluding hydrogens is 392 g/mol. The van der Waals surface area contributed by atoms with Crippen LogP contribution < -0.4 is 10.6 Å². The third-order valence-electron chi connectivity index (χ3n) is 3.28. The molecule has 118 valence electrons. The van der Waals surface area contributed by atoms with Gasteiger partial charge < -0.3 is 10.6 Å². The number of nitrogens with one attached hydrogen (secondary N) is 2. The lowest BCUT2D eigenvalue weighted by atomic mass is 10.1. The number of rotatable bonds is 4. The van der Waals surface area contributed by atoms with E-state index < -0.39 is 0 Å².